The second-order valence-electron chi connectivity index (χ2n) is 9.99. The summed E-state index contributed by atoms with van der Waals surface area (Å²) in [4.78, 5) is 5.98. The maximum Gasteiger partial charge on any atom is 0.166 e. The number of nitriles is 1. The molecule has 0 saturated carbocycles. The van der Waals surface area contributed by atoms with E-state index in [1.807, 2.05) is 30.3 Å². The second kappa shape index (κ2) is 6.19. The lowest BCUT2D eigenvalue weighted by molar-refractivity contribution is -0.172. The van der Waals surface area contributed by atoms with Crippen molar-refractivity contribution in [1.82, 2.24) is 9.88 Å². The van der Waals surface area contributed by atoms with Crippen LogP contribution >= 0.6 is 0 Å². The number of aliphatic hydroxyl groups is 1. The molecule has 7 rings (SSSR count). The number of rotatable bonds is 3. The molecule has 1 fully saturated rings. The fourth-order valence-electron chi connectivity index (χ4n) is 7.37. The summed E-state index contributed by atoms with van der Waals surface area (Å²) >= 11 is 0. The summed E-state index contributed by atoms with van der Waals surface area (Å²) in [7, 11) is 0. The largest absolute Gasteiger partial charge is 0.504 e. The molecule has 1 saturated heterocycles. The van der Waals surface area contributed by atoms with Crippen molar-refractivity contribution >= 4 is 10.9 Å². The Morgan fingerprint density at radius 3 is 3.03 bits per heavy atom. The van der Waals surface area contributed by atoms with Gasteiger partial charge in [0.1, 0.15) is 0 Å². The maximum atomic E-state index is 12.7. The molecular formula is C27H25N3O3. The molecule has 0 amide bonds. The van der Waals surface area contributed by atoms with E-state index >= 15 is 0 Å². The Bertz CT molecular complexity index is 1400. The van der Waals surface area contributed by atoms with Crippen LogP contribution in [-0.4, -0.2) is 44.8 Å². The fourth-order valence-corrected chi connectivity index (χ4v) is 7.37. The van der Waals surface area contributed by atoms with Crippen molar-refractivity contribution in [2.75, 3.05) is 13.1 Å². The molecule has 2 bridgehead atoms. The van der Waals surface area contributed by atoms with Crippen LogP contribution in [0.25, 0.3) is 10.9 Å². The summed E-state index contributed by atoms with van der Waals surface area (Å²) in [6.45, 7) is 5.62. The first-order valence-corrected chi connectivity index (χ1v) is 11.7. The van der Waals surface area contributed by atoms with Crippen molar-refractivity contribution in [3.63, 3.8) is 0 Å². The van der Waals surface area contributed by atoms with Gasteiger partial charge in [0, 0.05) is 35.5 Å². The molecular weight excluding hydrogens is 414 g/mol. The Morgan fingerprint density at radius 2 is 2.21 bits per heavy atom. The Hall–Kier alpha value is -3.27. The zero-order chi connectivity index (χ0) is 22.5. The number of phenols is 1. The van der Waals surface area contributed by atoms with Gasteiger partial charge in [-0.25, -0.2) is 0 Å². The normalized spacial score (nSPS) is 30.9. The van der Waals surface area contributed by atoms with Crippen molar-refractivity contribution in [2.45, 2.75) is 48.8 Å². The SMILES string of the molecule is C=CCCN1CC[C@]23c4c5ccc(O)c4O[C@H]2c2[nH]c4ccc(C#N)cc4c2C[C@@]3(O)[C@H]1C5. The maximum absolute atomic E-state index is 12.7. The minimum absolute atomic E-state index is 0.0578. The summed E-state index contributed by atoms with van der Waals surface area (Å²) in [5, 5.41) is 33.9. The first-order chi connectivity index (χ1) is 16.0. The summed E-state index contributed by atoms with van der Waals surface area (Å²) in [5.74, 6) is 0.662. The number of phenolic OH excluding ortho intramolecular Hbond substituents is 1. The molecule has 3 heterocycles. The molecule has 0 radical (unpaired) electrons. The second-order valence-corrected chi connectivity index (χ2v) is 9.99. The van der Waals surface area contributed by atoms with Gasteiger partial charge in [-0.1, -0.05) is 12.1 Å². The number of nitrogens with zero attached hydrogens (tertiary/aromatic N) is 2. The van der Waals surface area contributed by atoms with Gasteiger partial charge in [0.05, 0.1) is 28.3 Å². The lowest BCUT2D eigenvalue weighted by atomic mass is 9.49. The number of hydrogen-bond acceptors (Lipinski definition) is 5. The van der Waals surface area contributed by atoms with E-state index in [-0.39, 0.29) is 11.8 Å². The van der Waals surface area contributed by atoms with Gasteiger partial charge < -0.3 is 19.9 Å². The standard InChI is InChI=1S/C27H25N3O3/c1-2-3-9-30-10-8-26-22-16-5-7-20(31)24(22)33-25(26)23-18(13-27(26,32)21(30)12-16)17-11-15(14-28)4-6-19(17)29-23/h2,4-7,11,21,25,29,31-32H,1,3,8-10,12-13H2/t21-,25+,26+,27-/m1/s1. The van der Waals surface area contributed by atoms with E-state index in [2.05, 4.69) is 22.5 Å². The first kappa shape index (κ1) is 19.2. The summed E-state index contributed by atoms with van der Waals surface area (Å²) in [6, 6.07) is 11.6. The summed E-state index contributed by atoms with van der Waals surface area (Å²) in [5.41, 5.74) is 4.03. The molecule has 4 aliphatic rings. The highest BCUT2D eigenvalue weighted by Gasteiger charge is 2.72. The molecule has 1 spiro atoms. The van der Waals surface area contributed by atoms with Crippen molar-refractivity contribution in [2.24, 2.45) is 0 Å². The number of H-pyrrole nitrogens is 1. The molecule has 4 atom stereocenters. The number of piperidine rings is 1. The van der Waals surface area contributed by atoms with E-state index in [9.17, 15) is 15.5 Å². The lowest BCUT2D eigenvalue weighted by Crippen LogP contribution is -2.74. The number of aromatic hydroxyl groups is 1. The molecule has 1 aromatic heterocycles. The van der Waals surface area contributed by atoms with Crippen molar-refractivity contribution in [3.8, 4) is 17.6 Å². The zero-order valence-electron chi connectivity index (χ0n) is 18.3. The molecule has 6 nitrogen and oxygen atoms in total. The quantitative estimate of drug-likeness (QED) is 0.542. The van der Waals surface area contributed by atoms with Crippen LogP contribution in [0.3, 0.4) is 0 Å². The van der Waals surface area contributed by atoms with Crippen LogP contribution in [-0.2, 0) is 18.3 Å². The summed E-state index contributed by atoms with van der Waals surface area (Å²) < 4.78 is 6.56. The van der Waals surface area contributed by atoms with E-state index in [4.69, 9.17) is 4.74 Å². The zero-order valence-corrected chi connectivity index (χ0v) is 18.3. The summed E-state index contributed by atoms with van der Waals surface area (Å²) in [6.07, 6.45) is 4.36. The first-order valence-electron chi connectivity index (χ1n) is 11.7. The van der Waals surface area contributed by atoms with Crippen LogP contribution in [0.15, 0.2) is 43.0 Å². The minimum Gasteiger partial charge on any atom is -0.504 e. The van der Waals surface area contributed by atoms with Gasteiger partial charge in [0.2, 0.25) is 0 Å². The minimum atomic E-state index is -1.05. The van der Waals surface area contributed by atoms with Gasteiger partial charge in [-0.2, -0.15) is 5.26 Å². The Balaban J connectivity index is 1.52. The number of aromatic nitrogens is 1. The number of fused-ring (bicyclic) bond motifs is 4. The molecule has 2 aliphatic carbocycles. The van der Waals surface area contributed by atoms with Crippen molar-refractivity contribution in [1.29, 1.82) is 5.26 Å². The molecule has 2 aromatic carbocycles. The number of nitrogens with one attached hydrogen (secondary N) is 1. The van der Waals surface area contributed by atoms with E-state index in [1.54, 1.807) is 6.07 Å². The lowest BCUT2D eigenvalue weighted by Gasteiger charge is -2.62. The highest BCUT2D eigenvalue weighted by molar-refractivity contribution is 5.87. The van der Waals surface area contributed by atoms with E-state index in [0.29, 0.717) is 17.7 Å². The van der Waals surface area contributed by atoms with Crippen molar-refractivity contribution < 1.29 is 14.9 Å². The Morgan fingerprint density at radius 1 is 1.33 bits per heavy atom. The molecule has 0 unspecified atom stereocenters. The van der Waals surface area contributed by atoms with Crippen LogP contribution in [0, 0.1) is 11.3 Å². The Kier molecular flexibility index (Phi) is 3.61. The van der Waals surface area contributed by atoms with Gasteiger partial charge in [0.25, 0.3) is 0 Å². The molecule has 166 valence electrons. The third-order valence-corrected chi connectivity index (χ3v) is 8.72. The van der Waals surface area contributed by atoms with Gasteiger partial charge in [-0.05, 0) is 61.2 Å². The third kappa shape index (κ3) is 2.11. The van der Waals surface area contributed by atoms with E-state index in [1.165, 1.54) is 0 Å². The predicted octanol–water partition coefficient (Wildman–Crippen LogP) is 3.61. The van der Waals surface area contributed by atoms with Crippen LogP contribution < -0.4 is 4.74 Å². The number of ether oxygens (including phenoxy) is 1. The Labute approximate surface area is 191 Å². The van der Waals surface area contributed by atoms with Crippen LogP contribution in [0.5, 0.6) is 11.5 Å². The average Bonchev–Trinajstić information content (AvgIpc) is 3.35. The third-order valence-electron chi connectivity index (χ3n) is 8.72. The topological polar surface area (TPSA) is 92.5 Å². The number of likely N-dealkylation sites (tertiary alicyclic amines) is 1. The van der Waals surface area contributed by atoms with Crippen molar-refractivity contribution in [3.05, 3.63) is 70.9 Å². The molecule has 3 aromatic rings. The van der Waals surface area contributed by atoms with Gasteiger partial charge in [-0.15, -0.1) is 6.58 Å². The monoisotopic (exact) mass is 439 g/mol. The molecule has 3 N–H and O–H groups in total. The van der Waals surface area contributed by atoms with Crippen LogP contribution in [0.2, 0.25) is 0 Å². The molecule has 2 aliphatic heterocycles. The fraction of sp³-hybridized carbons (Fsp3) is 0.370. The van der Waals surface area contributed by atoms with Gasteiger partial charge >= 0.3 is 0 Å². The molecule has 6 heteroatoms. The highest BCUT2D eigenvalue weighted by atomic mass is 16.5. The van der Waals surface area contributed by atoms with Crippen LogP contribution in [0.1, 0.15) is 46.9 Å². The van der Waals surface area contributed by atoms with Crippen LogP contribution in [0.4, 0.5) is 0 Å². The number of aromatic amines is 1. The van der Waals surface area contributed by atoms with E-state index in [0.717, 1.165) is 65.6 Å². The van der Waals surface area contributed by atoms with Gasteiger partial charge in [0.15, 0.2) is 17.6 Å². The molecule has 33 heavy (non-hydrogen) atoms. The highest BCUT2D eigenvalue weighted by Crippen LogP contribution is 2.68. The number of hydrogen-bond donors (Lipinski definition) is 3. The van der Waals surface area contributed by atoms with Gasteiger partial charge in [-0.3, -0.25) is 4.90 Å². The smallest absolute Gasteiger partial charge is 0.166 e. The average molecular weight is 440 g/mol. The number of benzene rings is 2. The van der Waals surface area contributed by atoms with E-state index < -0.39 is 17.1 Å². The predicted molar refractivity (Wildman–Crippen MR) is 123 cm³/mol.